The third-order valence-corrected chi connectivity index (χ3v) is 4.89. The second kappa shape index (κ2) is 7.10. The van der Waals surface area contributed by atoms with Gasteiger partial charge in [0.1, 0.15) is 9.88 Å². The third-order valence-electron chi connectivity index (χ3n) is 3.11. The zero-order chi connectivity index (χ0) is 15.3. The fourth-order valence-corrected chi connectivity index (χ4v) is 3.16. The Bertz CT molecular complexity index is 555. The van der Waals surface area contributed by atoms with Crippen LogP contribution in [0, 0.1) is 5.92 Å². The van der Waals surface area contributed by atoms with E-state index in [9.17, 15) is 8.42 Å². The van der Waals surface area contributed by atoms with E-state index >= 15 is 0 Å². The highest BCUT2D eigenvalue weighted by Crippen LogP contribution is 2.13. The Balaban J connectivity index is 2.80. The van der Waals surface area contributed by atoms with Crippen molar-refractivity contribution in [2.75, 3.05) is 0 Å². The number of hydrogen-bond donors (Lipinski definition) is 2. The molecule has 7 heteroatoms. The van der Waals surface area contributed by atoms with E-state index in [4.69, 9.17) is 18.0 Å². The average molecular weight is 315 g/mol. The van der Waals surface area contributed by atoms with Crippen molar-refractivity contribution in [2.24, 2.45) is 11.7 Å². The standard InChI is InChI=1S/C13H21N3O2S2/c1-4-9(2)7-10(3)16-20(17,18)11-5-6-12(13(14)19)15-8-11/h5-6,8-10,16H,4,7H2,1-3H3,(H2,14,19). The number of sulfonamides is 1. The lowest BCUT2D eigenvalue weighted by atomic mass is 10.0. The number of hydrogen-bond acceptors (Lipinski definition) is 4. The van der Waals surface area contributed by atoms with E-state index in [0.717, 1.165) is 12.8 Å². The first kappa shape index (κ1) is 17.0. The topological polar surface area (TPSA) is 85.1 Å². The minimum absolute atomic E-state index is 0.119. The van der Waals surface area contributed by atoms with E-state index in [1.165, 1.54) is 18.3 Å². The normalized spacial score (nSPS) is 14.8. The summed E-state index contributed by atoms with van der Waals surface area (Å²) in [5.74, 6) is 0.475. The number of aromatic nitrogens is 1. The fourth-order valence-electron chi connectivity index (χ4n) is 1.84. The van der Waals surface area contributed by atoms with Crippen LogP contribution < -0.4 is 10.5 Å². The summed E-state index contributed by atoms with van der Waals surface area (Å²) in [5, 5.41) is 0. The van der Waals surface area contributed by atoms with Gasteiger partial charge in [-0.05, 0) is 31.4 Å². The number of thiocarbonyl (C=S) groups is 1. The Kier molecular flexibility index (Phi) is 6.04. The van der Waals surface area contributed by atoms with Crippen LogP contribution in [0.25, 0.3) is 0 Å². The number of rotatable bonds is 7. The lowest BCUT2D eigenvalue weighted by molar-refractivity contribution is 0.445. The highest BCUT2D eigenvalue weighted by Gasteiger charge is 2.19. The molecule has 1 aromatic rings. The van der Waals surface area contributed by atoms with Crippen LogP contribution in [0.3, 0.4) is 0 Å². The van der Waals surface area contributed by atoms with Gasteiger partial charge >= 0.3 is 0 Å². The molecule has 2 unspecified atom stereocenters. The monoisotopic (exact) mass is 315 g/mol. The van der Waals surface area contributed by atoms with E-state index in [2.05, 4.69) is 23.6 Å². The van der Waals surface area contributed by atoms with Crippen LogP contribution in [0.1, 0.15) is 39.3 Å². The lowest BCUT2D eigenvalue weighted by Crippen LogP contribution is -2.33. The van der Waals surface area contributed by atoms with Crippen molar-refractivity contribution in [1.29, 1.82) is 0 Å². The van der Waals surface area contributed by atoms with Crippen LogP contribution in [-0.4, -0.2) is 24.4 Å². The Hall–Kier alpha value is -1.05. The average Bonchev–Trinajstić information content (AvgIpc) is 2.37. The van der Waals surface area contributed by atoms with Crippen LogP contribution in [0.4, 0.5) is 0 Å². The van der Waals surface area contributed by atoms with Crippen molar-refractivity contribution in [3.8, 4) is 0 Å². The number of pyridine rings is 1. The van der Waals surface area contributed by atoms with Gasteiger partial charge in [0.05, 0.1) is 5.69 Å². The molecule has 0 aliphatic heterocycles. The number of nitrogens with one attached hydrogen (secondary N) is 1. The molecule has 5 nitrogen and oxygen atoms in total. The number of nitrogens with two attached hydrogens (primary N) is 1. The van der Waals surface area contributed by atoms with E-state index in [1.54, 1.807) is 0 Å². The highest BCUT2D eigenvalue weighted by molar-refractivity contribution is 7.89. The Morgan fingerprint density at radius 3 is 2.55 bits per heavy atom. The summed E-state index contributed by atoms with van der Waals surface area (Å²) < 4.78 is 27.0. The fraction of sp³-hybridized carbons (Fsp3) is 0.538. The van der Waals surface area contributed by atoms with Crippen molar-refractivity contribution in [2.45, 2.75) is 44.6 Å². The van der Waals surface area contributed by atoms with Gasteiger partial charge in [-0.1, -0.05) is 32.5 Å². The van der Waals surface area contributed by atoms with Gasteiger partial charge in [0.2, 0.25) is 10.0 Å². The molecule has 0 fully saturated rings. The minimum Gasteiger partial charge on any atom is -0.388 e. The summed E-state index contributed by atoms with van der Waals surface area (Å²) in [7, 11) is -3.55. The van der Waals surface area contributed by atoms with Crippen molar-refractivity contribution in [1.82, 2.24) is 9.71 Å². The van der Waals surface area contributed by atoms with Crippen molar-refractivity contribution in [3.05, 3.63) is 24.0 Å². The molecule has 20 heavy (non-hydrogen) atoms. The summed E-state index contributed by atoms with van der Waals surface area (Å²) in [4.78, 5) is 4.21. The van der Waals surface area contributed by atoms with Gasteiger partial charge in [0.15, 0.2) is 0 Å². The molecule has 0 saturated heterocycles. The molecular formula is C13H21N3O2S2. The molecule has 2 atom stereocenters. The van der Waals surface area contributed by atoms with Gasteiger partial charge < -0.3 is 5.73 Å². The zero-order valence-electron chi connectivity index (χ0n) is 12.0. The van der Waals surface area contributed by atoms with Crippen molar-refractivity contribution in [3.63, 3.8) is 0 Å². The molecule has 0 saturated carbocycles. The molecule has 0 bridgehead atoms. The Labute approximate surface area is 126 Å². The van der Waals surface area contributed by atoms with Crippen LogP contribution in [-0.2, 0) is 10.0 Å². The molecule has 3 N–H and O–H groups in total. The smallest absolute Gasteiger partial charge is 0.242 e. The quantitative estimate of drug-likeness (QED) is 0.750. The molecule has 1 heterocycles. The second-order valence-electron chi connectivity index (χ2n) is 5.01. The summed E-state index contributed by atoms with van der Waals surface area (Å²) in [6, 6.07) is 2.85. The molecule has 1 aromatic heterocycles. The highest BCUT2D eigenvalue weighted by atomic mass is 32.2. The maximum atomic E-state index is 12.2. The molecular weight excluding hydrogens is 294 g/mol. The van der Waals surface area contributed by atoms with Crippen molar-refractivity contribution < 1.29 is 8.42 Å². The first-order valence-electron chi connectivity index (χ1n) is 6.54. The summed E-state index contributed by atoms with van der Waals surface area (Å²) >= 11 is 4.78. The molecule has 0 aliphatic rings. The largest absolute Gasteiger partial charge is 0.388 e. The molecule has 0 amide bonds. The van der Waals surface area contributed by atoms with Crippen LogP contribution in [0.2, 0.25) is 0 Å². The first-order valence-corrected chi connectivity index (χ1v) is 8.43. The van der Waals surface area contributed by atoms with Gasteiger partial charge in [-0.25, -0.2) is 13.1 Å². The molecule has 1 rings (SSSR count). The van der Waals surface area contributed by atoms with Crippen molar-refractivity contribution >= 4 is 27.2 Å². The molecule has 0 radical (unpaired) electrons. The van der Waals surface area contributed by atoms with E-state index in [1.807, 2.05) is 6.92 Å². The van der Waals surface area contributed by atoms with Gasteiger partial charge in [-0.3, -0.25) is 4.98 Å². The van der Waals surface area contributed by atoms with Gasteiger partial charge in [-0.2, -0.15) is 0 Å². The molecule has 112 valence electrons. The molecule has 0 aromatic carbocycles. The summed E-state index contributed by atoms with van der Waals surface area (Å²) in [6.45, 7) is 6.05. The maximum absolute atomic E-state index is 12.2. The maximum Gasteiger partial charge on any atom is 0.242 e. The predicted molar refractivity (Wildman–Crippen MR) is 84.0 cm³/mol. The second-order valence-corrected chi connectivity index (χ2v) is 7.17. The van der Waals surface area contributed by atoms with Gasteiger partial charge in [0.25, 0.3) is 0 Å². The van der Waals surface area contributed by atoms with Crippen LogP contribution >= 0.6 is 12.2 Å². The lowest BCUT2D eigenvalue weighted by Gasteiger charge is -2.17. The predicted octanol–water partition coefficient (Wildman–Crippen LogP) is 1.82. The summed E-state index contributed by atoms with van der Waals surface area (Å²) in [5.41, 5.74) is 5.84. The number of nitrogens with zero attached hydrogens (tertiary/aromatic N) is 1. The Morgan fingerprint density at radius 2 is 2.10 bits per heavy atom. The minimum atomic E-state index is -3.55. The zero-order valence-corrected chi connectivity index (χ0v) is 13.6. The molecule has 0 spiro atoms. The summed E-state index contributed by atoms with van der Waals surface area (Å²) in [6.07, 6.45) is 3.09. The first-order chi connectivity index (χ1) is 9.26. The van der Waals surface area contributed by atoms with E-state index < -0.39 is 10.0 Å². The Morgan fingerprint density at radius 1 is 1.45 bits per heavy atom. The van der Waals surface area contributed by atoms with Crippen LogP contribution in [0.15, 0.2) is 23.2 Å². The molecule has 0 aliphatic carbocycles. The van der Waals surface area contributed by atoms with E-state index in [0.29, 0.717) is 11.6 Å². The van der Waals surface area contributed by atoms with E-state index in [-0.39, 0.29) is 15.9 Å². The van der Waals surface area contributed by atoms with Gasteiger partial charge in [0, 0.05) is 12.2 Å². The van der Waals surface area contributed by atoms with Crippen LogP contribution in [0.5, 0.6) is 0 Å². The van der Waals surface area contributed by atoms with Gasteiger partial charge in [-0.15, -0.1) is 0 Å². The third kappa shape index (κ3) is 4.81. The SMILES string of the molecule is CCC(C)CC(C)NS(=O)(=O)c1ccc(C(N)=S)nc1.